The zero-order valence-electron chi connectivity index (χ0n) is 17.9. The molecule has 0 saturated heterocycles. The molecule has 4 heterocycles. The van der Waals surface area contributed by atoms with E-state index in [0.29, 0.717) is 37.3 Å². The molecule has 1 amide bonds. The third kappa shape index (κ3) is 3.19. The SMILES string of the molecule is Cc1c(-c2cccc(NS(=O)(=O)c3cc4c5c(c3)CCN5C(=O)CC4)c2)nc2ncccn12. The number of aryl methyl sites for hydroxylation is 2. The van der Waals surface area contributed by atoms with Gasteiger partial charge in [0, 0.05) is 42.3 Å². The number of amides is 1. The molecule has 6 rings (SSSR count). The van der Waals surface area contributed by atoms with E-state index < -0.39 is 10.0 Å². The van der Waals surface area contributed by atoms with Gasteiger partial charge in [-0.25, -0.2) is 18.4 Å². The molecule has 2 aliphatic heterocycles. The Morgan fingerprint density at radius 3 is 2.67 bits per heavy atom. The van der Waals surface area contributed by atoms with Gasteiger partial charge < -0.3 is 4.90 Å². The molecule has 9 heteroatoms. The van der Waals surface area contributed by atoms with Crippen LogP contribution in [0.2, 0.25) is 0 Å². The van der Waals surface area contributed by atoms with Gasteiger partial charge in [0.1, 0.15) is 0 Å². The molecule has 0 saturated carbocycles. The Kier molecular flexibility index (Phi) is 4.31. The maximum absolute atomic E-state index is 13.3. The van der Waals surface area contributed by atoms with Crippen LogP contribution >= 0.6 is 0 Å². The third-order valence-corrected chi connectivity index (χ3v) is 7.73. The number of anilines is 2. The van der Waals surface area contributed by atoms with Crippen LogP contribution in [0.5, 0.6) is 0 Å². The molecule has 2 aromatic heterocycles. The molecule has 0 radical (unpaired) electrons. The third-order valence-electron chi connectivity index (χ3n) is 6.37. The second-order valence-electron chi connectivity index (χ2n) is 8.41. The lowest BCUT2D eigenvalue weighted by molar-refractivity contribution is -0.118. The van der Waals surface area contributed by atoms with Crippen molar-refractivity contribution >= 4 is 33.1 Å². The summed E-state index contributed by atoms with van der Waals surface area (Å²) in [5, 5.41) is 0. The number of hydrogen-bond donors (Lipinski definition) is 1. The molecule has 0 bridgehead atoms. The van der Waals surface area contributed by atoms with Gasteiger partial charge in [-0.05, 0) is 61.2 Å². The highest BCUT2D eigenvalue weighted by Gasteiger charge is 2.33. The van der Waals surface area contributed by atoms with Crippen molar-refractivity contribution in [3.8, 4) is 11.3 Å². The Morgan fingerprint density at radius 2 is 1.85 bits per heavy atom. The summed E-state index contributed by atoms with van der Waals surface area (Å²) in [6.45, 7) is 2.57. The molecule has 0 aliphatic carbocycles. The van der Waals surface area contributed by atoms with Crippen molar-refractivity contribution < 1.29 is 13.2 Å². The molecular formula is C24H21N5O3S. The maximum atomic E-state index is 13.3. The first-order valence-electron chi connectivity index (χ1n) is 10.8. The van der Waals surface area contributed by atoms with Gasteiger partial charge in [-0.15, -0.1) is 0 Å². The van der Waals surface area contributed by atoms with Crippen LogP contribution in [-0.4, -0.2) is 35.2 Å². The van der Waals surface area contributed by atoms with Crippen LogP contribution < -0.4 is 9.62 Å². The van der Waals surface area contributed by atoms with Crippen molar-refractivity contribution in [2.75, 3.05) is 16.2 Å². The molecule has 4 aromatic rings. The number of rotatable bonds is 4. The fourth-order valence-corrected chi connectivity index (χ4v) is 5.95. The van der Waals surface area contributed by atoms with Crippen molar-refractivity contribution in [1.82, 2.24) is 14.4 Å². The molecule has 0 fully saturated rings. The number of fused-ring (bicyclic) bond motifs is 1. The summed E-state index contributed by atoms with van der Waals surface area (Å²) in [7, 11) is -3.80. The quantitative estimate of drug-likeness (QED) is 0.505. The van der Waals surface area contributed by atoms with Gasteiger partial charge in [0.25, 0.3) is 10.0 Å². The lowest BCUT2D eigenvalue weighted by Crippen LogP contribution is -2.33. The molecular weight excluding hydrogens is 438 g/mol. The minimum absolute atomic E-state index is 0.115. The van der Waals surface area contributed by atoms with E-state index in [2.05, 4.69) is 14.7 Å². The maximum Gasteiger partial charge on any atom is 0.261 e. The number of benzene rings is 2. The molecule has 0 spiro atoms. The van der Waals surface area contributed by atoms with E-state index in [4.69, 9.17) is 0 Å². The summed E-state index contributed by atoms with van der Waals surface area (Å²) < 4.78 is 31.2. The standard InChI is InChI=1S/C24H21N5O3S/c1-15-22(26-24-25-9-3-10-28(15)24)16-4-2-5-19(12-16)27-33(31,32)20-13-17-6-7-21(30)29-11-8-18(14-20)23(17)29/h2-5,9-10,12-14,27H,6-8,11H2,1H3. The number of sulfonamides is 1. The van der Waals surface area contributed by atoms with Crippen LogP contribution in [0.4, 0.5) is 11.4 Å². The highest BCUT2D eigenvalue weighted by molar-refractivity contribution is 7.92. The summed E-state index contributed by atoms with van der Waals surface area (Å²) in [6, 6.07) is 12.5. The number of nitrogens with one attached hydrogen (secondary N) is 1. The lowest BCUT2D eigenvalue weighted by atomic mass is 10.00. The van der Waals surface area contributed by atoms with E-state index in [9.17, 15) is 13.2 Å². The van der Waals surface area contributed by atoms with Crippen molar-refractivity contribution in [2.45, 2.75) is 31.1 Å². The molecule has 33 heavy (non-hydrogen) atoms. The average Bonchev–Trinajstić information content (AvgIpc) is 3.39. The Balaban J connectivity index is 1.35. The summed E-state index contributed by atoms with van der Waals surface area (Å²) in [5.74, 6) is 0.708. The van der Waals surface area contributed by atoms with Crippen molar-refractivity contribution in [1.29, 1.82) is 0 Å². The average molecular weight is 460 g/mol. The van der Waals surface area contributed by atoms with Crippen LogP contribution in [-0.2, 0) is 27.7 Å². The van der Waals surface area contributed by atoms with Crippen molar-refractivity contribution in [2.24, 2.45) is 0 Å². The lowest BCUT2D eigenvalue weighted by Gasteiger charge is -2.25. The van der Waals surface area contributed by atoms with E-state index in [0.717, 1.165) is 33.8 Å². The van der Waals surface area contributed by atoms with Gasteiger partial charge in [0.05, 0.1) is 16.3 Å². The topological polar surface area (TPSA) is 96.7 Å². The van der Waals surface area contributed by atoms with E-state index in [1.165, 1.54) is 0 Å². The second kappa shape index (κ2) is 7.14. The van der Waals surface area contributed by atoms with E-state index in [1.54, 1.807) is 41.4 Å². The van der Waals surface area contributed by atoms with Gasteiger partial charge in [-0.3, -0.25) is 13.9 Å². The summed E-state index contributed by atoms with van der Waals surface area (Å²) in [5.41, 5.74) is 5.69. The van der Waals surface area contributed by atoms with Crippen molar-refractivity contribution in [3.05, 3.63) is 71.7 Å². The van der Waals surface area contributed by atoms with Gasteiger partial charge in [0.2, 0.25) is 11.7 Å². The van der Waals surface area contributed by atoms with Gasteiger partial charge in [0.15, 0.2) is 0 Å². The molecule has 2 aliphatic rings. The second-order valence-corrected chi connectivity index (χ2v) is 10.1. The monoisotopic (exact) mass is 459 g/mol. The first kappa shape index (κ1) is 19.9. The van der Waals surface area contributed by atoms with Gasteiger partial charge in [-0.1, -0.05) is 12.1 Å². The highest BCUT2D eigenvalue weighted by atomic mass is 32.2. The molecule has 0 unspecified atom stereocenters. The molecule has 8 nitrogen and oxygen atoms in total. The largest absolute Gasteiger partial charge is 0.312 e. The Hall–Kier alpha value is -3.72. The predicted molar refractivity (Wildman–Crippen MR) is 125 cm³/mol. The van der Waals surface area contributed by atoms with E-state index >= 15 is 0 Å². The number of aromatic nitrogens is 3. The summed E-state index contributed by atoms with van der Waals surface area (Å²) >= 11 is 0. The van der Waals surface area contributed by atoms with Gasteiger partial charge >= 0.3 is 0 Å². The minimum Gasteiger partial charge on any atom is -0.312 e. The fourth-order valence-electron chi connectivity index (χ4n) is 4.80. The van der Waals surface area contributed by atoms with E-state index in [-0.39, 0.29) is 10.8 Å². The summed E-state index contributed by atoms with van der Waals surface area (Å²) in [6.07, 6.45) is 5.25. The van der Waals surface area contributed by atoms with Crippen LogP contribution in [0.25, 0.3) is 17.0 Å². The highest BCUT2D eigenvalue weighted by Crippen LogP contribution is 2.38. The van der Waals surface area contributed by atoms with Crippen molar-refractivity contribution in [3.63, 3.8) is 0 Å². The normalized spacial score (nSPS) is 15.2. The van der Waals surface area contributed by atoms with Crippen LogP contribution in [0.3, 0.4) is 0 Å². The first-order valence-corrected chi connectivity index (χ1v) is 12.3. The number of carbonyl (C=O) groups is 1. The number of hydrogen-bond acceptors (Lipinski definition) is 5. The Morgan fingerprint density at radius 1 is 1.03 bits per heavy atom. The van der Waals surface area contributed by atoms with Crippen LogP contribution in [0.15, 0.2) is 59.8 Å². The first-order chi connectivity index (χ1) is 15.9. The fraction of sp³-hybridized carbons (Fsp3) is 0.208. The molecule has 2 aromatic carbocycles. The van der Waals surface area contributed by atoms with E-state index in [1.807, 2.05) is 29.7 Å². The number of nitrogens with zero attached hydrogens (tertiary/aromatic N) is 4. The zero-order chi connectivity index (χ0) is 22.7. The predicted octanol–water partition coefficient (Wildman–Crippen LogP) is 3.34. The Labute approximate surface area is 191 Å². The smallest absolute Gasteiger partial charge is 0.261 e. The minimum atomic E-state index is -3.80. The van der Waals surface area contributed by atoms with Gasteiger partial charge in [-0.2, -0.15) is 0 Å². The Bertz CT molecular complexity index is 1560. The van der Waals surface area contributed by atoms with Crippen LogP contribution in [0.1, 0.15) is 23.2 Å². The number of imidazole rings is 1. The molecule has 166 valence electrons. The molecule has 0 atom stereocenters. The van der Waals surface area contributed by atoms with Crippen LogP contribution in [0, 0.1) is 6.92 Å². The number of carbonyl (C=O) groups excluding carboxylic acids is 1. The molecule has 1 N–H and O–H groups in total. The zero-order valence-corrected chi connectivity index (χ0v) is 18.8. The summed E-state index contributed by atoms with van der Waals surface area (Å²) in [4.78, 5) is 23.1.